The first kappa shape index (κ1) is 17.2. The lowest BCUT2D eigenvalue weighted by molar-refractivity contribution is 1.06. The number of hydrogen-bond acceptors (Lipinski definition) is 3. The molecule has 2 aromatic carbocycles. The van der Waals surface area contributed by atoms with Crippen LogP contribution in [-0.2, 0) is 0 Å². The van der Waals surface area contributed by atoms with E-state index >= 15 is 0 Å². The van der Waals surface area contributed by atoms with Gasteiger partial charge in [-0.25, -0.2) is 9.38 Å². The van der Waals surface area contributed by atoms with Crippen LogP contribution in [0.4, 0.5) is 0 Å². The Morgan fingerprint density at radius 3 is 2.61 bits per heavy atom. The Morgan fingerprint density at radius 2 is 1.82 bits per heavy atom. The van der Waals surface area contributed by atoms with Crippen molar-refractivity contribution in [2.24, 2.45) is 0 Å². The number of benzene rings is 2. The molecule has 5 aromatic rings. The molecule has 0 aliphatic carbocycles. The highest BCUT2D eigenvalue weighted by Gasteiger charge is 2.13. The zero-order chi connectivity index (χ0) is 19.4. The van der Waals surface area contributed by atoms with Gasteiger partial charge in [0, 0.05) is 22.6 Å². The van der Waals surface area contributed by atoms with Gasteiger partial charge in [-0.15, -0.1) is 0 Å². The van der Waals surface area contributed by atoms with Crippen molar-refractivity contribution in [3.8, 4) is 5.69 Å². The van der Waals surface area contributed by atoms with Gasteiger partial charge in [0.05, 0.1) is 15.6 Å². The van der Waals surface area contributed by atoms with Gasteiger partial charge < -0.3 is 4.57 Å². The second-order valence-electron chi connectivity index (χ2n) is 6.85. The van der Waals surface area contributed by atoms with Crippen molar-refractivity contribution in [2.45, 2.75) is 13.8 Å². The highest BCUT2D eigenvalue weighted by Crippen LogP contribution is 2.21. The quantitative estimate of drug-likeness (QED) is 0.433. The molecule has 3 heterocycles. The topological polar surface area (TPSA) is 39.3 Å². The molecule has 4 nitrogen and oxygen atoms in total. The van der Waals surface area contributed by atoms with Gasteiger partial charge >= 0.3 is 0 Å². The number of fused-ring (bicyclic) bond motifs is 3. The van der Waals surface area contributed by atoms with E-state index in [9.17, 15) is 4.79 Å². The number of nitrogens with zero attached hydrogens (tertiary/aromatic N) is 3. The smallest absolute Gasteiger partial charge is 0.275 e. The van der Waals surface area contributed by atoms with E-state index in [0.717, 1.165) is 32.9 Å². The van der Waals surface area contributed by atoms with Crippen molar-refractivity contribution in [3.05, 3.63) is 91.5 Å². The monoisotopic (exact) mass is 405 g/mol. The molecule has 6 heteroatoms. The molecule has 0 atom stereocenters. The van der Waals surface area contributed by atoms with Gasteiger partial charge in [-0.2, -0.15) is 0 Å². The van der Waals surface area contributed by atoms with Gasteiger partial charge in [0.2, 0.25) is 0 Å². The third kappa shape index (κ3) is 2.66. The molecule has 0 aliphatic rings. The SMILES string of the molecule is Cc1cc2nc3s/c(=C\c4cccn4-c4ccc(Cl)cc4)c(=O)n3c2cc1C. The number of hydrogen-bond donors (Lipinski definition) is 0. The predicted octanol–water partition coefficient (Wildman–Crippen LogP) is 4.52. The fourth-order valence-electron chi connectivity index (χ4n) is 3.40. The Kier molecular flexibility index (Phi) is 3.89. The summed E-state index contributed by atoms with van der Waals surface area (Å²) in [5.41, 5.74) is 5.95. The van der Waals surface area contributed by atoms with Crippen molar-refractivity contribution in [1.82, 2.24) is 14.0 Å². The molecule has 0 N–H and O–H groups in total. The summed E-state index contributed by atoms with van der Waals surface area (Å²) in [6.45, 7) is 4.11. The lowest BCUT2D eigenvalue weighted by Gasteiger charge is -2.06. The normalized spacial score (nSPS) is 12.5. The fraction of sp³-hybridized carbons (Fsp3) is 0.0909. The van der Waals surface area contributed by atoms with Crippen LogP contribution < -0.4 is 10.1 Å². The average molecular weight is 406 g/mol. The number of imidazole rings is 1. The molecule has 0 amide bonds. The van der Waals surface area contributed by atoms with Gasteiger partial charge in [0.15, 0.2) is 4.96 Å². The molecule has 5 rings (SSSR count). The lowest BCUT2D eigenvalue weighted by Crippen LogP contribution is -2.23. The Balaban J connectivity index is 1.71. The highest BCUT2D eigenvalue weighted by atomic mass is 35.5. The van der Waals surface area contributed by atoms with Crippen molar-refractivity contribution in [1.29, 1.82) is 0 Å². The van der Waals surface area contributed by atoms with Crippen molar-refractivity contribution >= 4 is 45.0 Å². The summed E-state index contributed by atoms with van der Waals surface area (Å²) in [7, 11) is 0. The molecule has 3 aromatic heterocycles. The van der Waals surface area contributed by atoms with Gasteiger partial charge in [-0.3, -0.25) is 4.79 Å². The van der Waals surface area contributed by atoms with Crippen molar-refractivity contribution in [2.75, 3.05) is 0 Å². The van der Waals surface area contributed by atoms with E-state index in [-0.39, 0.29) is 5.56 Å². The third-order valence-electron chi connectivity index (χ3n) is 5.02. The van der Waals surface area contributed by atoms with Crippen LogP contribution in [0.1, 0.15) is 16.8 Å². The van der Waals surface area contributed by atoms with Crippen molar-refractivity contribution < 1.29 is 0 Å². The summed E-state index contributed by atoms with van der Waals surface area (Å²) in [6.07, 6.45) is 3.89. The number of aromatic nitrogens is 3. The van der Waals surface area contributed by atoms with Crippen LogP contribution in [0.15, 0.2) is 59.5 Å². The second kappa shape index (κ2) is 6.33. The van der Waals surface area contributed by atoms with Crippen LogP contribution >= 0.6 is 22.9 Å². The largest absolute Gasteiger partial charge is 0.317 e. The Morgan fingerprint density at radius 1 is 1.07 bits per heavy atom. The summed E-state index contributed by atoms with van der Waals surface area (Å²) in [4.78, 5) is 18.5. The first-order chi connectivity index (χ1) is 13.5. The fourth-order valence-corrected chi connectivity index (χ4v) is 4.50. The van der Waals surface area contributed by atoms with E-state index in [1.54, 1.807) is 4.40 Å². The standard InChI is InChI=1S/C22H16ClN3OS/c1-13-10-18-19(11-14(13)2)26-21(27)20(28-22(26)24-18)12-17-4-3-9-25(17)16-7-5-15(23)6-8-16/h3-12H,1-2H3/b20-12-. The van der Waals surface area contributed by atoms with Crippen molar-refractivity contribution in [3.63, 3.8) is 0 Å². The maximum atomic E-state index is 13.1. The molecule has 0 aliphatic heterocycles. The predicted molar refractivity (Wildman–Crippen MR) is 116 cm³/mol. The van der Waals surface area contributed by atoms with E-state index in [2.05, 4.69) is 18.8 Å². The minimum atomic E-state index is -0.0328. The van der Waals surface area contributed by atoms with E-state index in [1.165, 1.54) is 16.9 Å². The van der Waals surface area contributed by atoms with Gasteiger partial charge in [-0.1, -0.05) is 22.9 Å². The third-order valence-corrected chi connectivity index (χ3v) is 6.24. The van der Waals surface area contributed by atoms with Crippen LogP contribution in [0, 0.1) is 13.8 Å². The molecule has 0 bridgehead atoms. The molecule has 0 saturated heterocycles. The Hall–Kier alpha value is -2.89. The van der Waals surface area contributed by atoms with Gasteiger partial charge in [-0.05, 0) is 79.6 Å². The maximum Gasteiger partial charge on any atom is 0.275 e. The van der Waals surface area contributed by atoms with E-state index in [0.29, 0.717) is 9.55 Å². The second-order valence-corrected chi connectivity index (χ2v) is 8.30. The molecule has 0 unspecified atom stereocenters. The average Bonchev–Trinajstić information content (AvgIpc) is 3.33. The lowest BCUT2D eigenvalue weighted by atomic mass is 10.1. The minimum absolute atomic E-state index is 0.0328. The Labute approximate surface area is 169 Å². The number of rotatable bonds is 2. The number of thiazole rings is 1. The number of aryl methyl sites for hydroxylation is 2. The molecule has 28 heavy (non-hydrogen) atoms. The molecular formula is C22H16ClN3OS. The van der Waals surface area contributed by atoms with Gasteiger partial charge in [0.25, 0.3) is 5.56 Å². The molecule has 0 radical (unpaired) electrons. The molecule has 0 fully saturated rings. The van der Waals surface area contributed by atoms with E-state index in [1.807, 2.05) is 65.4 Å². The highest BCUT2D eigenvalue weighted by molar-refractivity contribution is 7.15. The zero-order valence-corrected chi connectivity index (χ0v) is 16.9. The summed E-state index contributed by atoms with van der Waals surface area (Å²) in [5.74, 6) is 0. The van der Waals surface area contributed by atoms with Crippen LogP contribution in [0.5, 0.6) is 0 Å². The molecule has 0 spiro atoms. The summed E-state index contributed by atoms with van der Waals surface area (Å²) < 4.78 is 4.41. The van der Waals surface area contributed by atoms with Gasteiger partial charge in [0.1, 0.15) is 0 Å². The maximum absolute atomic E-state index is 13.1. The van der Waals surface area contributed by atoms with E-state index in [4.69, 9.17) is 11.6 Å². The molecular weight excluding hydrogens is 390 g/mol. The minimum Gasteiger partial charge on any atom is -0.317 e. The van der Waals surface area contributed by atoms with E-state index < -0.39 is 0 Å². The summed E-state index contributed by atoms with van der Waals surface area (Å²) >= 11 is 7.41. The first-order valence-electron chi connectivity index (χ1n) is 8.88. The summed E-state index contributed by atoms with van der Waals surface area (Å²) in [6, 6.07) is 15.7. The summed E-state index contributed by atoms with van der Waals surface area (Å²) in [5, 5.41) is 0.695. The molecule has 0 saturated carbocycles. The van der Waals surface area contributed by atoms with Crippen LogP contribution in [0.2, 0.25) is 5.02 Å². The van der Waals surface area contributed by atoms with Crippen LogP contribution in [0.25, 0.3) is 27.8 Å². The zero-order valence-electron chi connectivity index (χ0n) is 15.3. The number of halogens is 1. The first-order valence-corrected chi connectivity index (χ1v) is 10.1. The van der Waals surface area contributed by atoms with Crippen LogP contribution in [0.3, 0.4) is 0 Å². The molecule has 138 valence electrons. The Bertz CT molecular complexity index is 1460. The van der Waals surface area contributed by atoms with Crippen LogP contribution in [-0.4, -0.2) is 14.0 Å².